The van der Waals surface area contributed by atoms with E-state index in [-0.39, 0.29) is 11.4 Å². The summed E-state index contributed by atoms with van der Waals surface area (Å²) >= 11 is 0. The van der Waals surface area contributed by atoms with Gasteiger partial charge in [-0.25, -0.2) is 4.79 Å². The van der Waals surface area contributed by atoms with Gasteiger partial charge in [0.15, 0.2) is 6.10 Å². The molecule has 0 saturated carbocycles. The Labute approximate surface area is 184 Å². The van der Waals surface area contributed by atoms with Crippen LogP contribution in [0.25, 0.3) is 10.9 Å². The molecule has 1 aromatic heterocycles. The molecule has 164 valence electrons. The zero-order valence-corrected chi connectivity index (χ0v) is 17.9. The van der Waals surface area contributed by atoms with E-state index in [1.54, 1.807) is 6.07 Å². The first-order valence-electron chi connectivity index (χ1n) is 10.5. The number of benzene rings is 2. The first-order valence-corrected chi connectivity index (χ1v) is 10.5. The molecule has 1 heterocycles. The topological polar surface area (TPSA) is 111 Å². The fourth-order valence-electron chi connectivity index (χ4n) is 4.02. The standard InChI is InChI=1S/C24H23N3O5/c1-14-11-12-19-17(13-14)22(16-7-3-4-8-18(16)25-19)24(29)32-15(2)23(28)26-20-9-5-6-10-21(20)27(30)31/h5-6,9-13,15H,3-4,7-8H2,1-2H3,(H,26,28). The molecule has 0 spiro atoms. The van der Waals surface area contributed by atoms with E-state index in [1.807, 2.05) is 25.1 Å². The lowest BCUT2D eigenvalue weighted by molar-refractivity contribution is -0.383. The summed E-state index contributed by atoms with van der Waals surface area (Å²) in [6.07, 6.45) is 2.36. The molecule has 8 heteroatoms. The SMILES string of the molecule is Cc1ccc2nc3c(c(C(=O)OC(C)C(=O)Nc4ccccc4[N+](=O)[O-])c2c1)CCCC3. The summed E-state index contributed by atoms with van der Waals surface area (Å²) in [6, 6.07) is 11.6. The molecule has 0 saturated heterocycles. The van der Waals surface area contributed by atoms with Crippen LogP contribution in [0, 0.1) is 17.0 Å². The van der Waals surface area contributed by atoms with Crippen molar-refractivity contribution in [3.63, 3.8) is 0 Å². The van der Waals surface area contributed by atoms with Gasteiger partial charge in [0.1, 0.15) is 5.69 Å². The number of amides is 1. The molecular weight excluding hydrogens is 410 g/mol. The van der Waals surface area contributed by atoms with Gasteiger partial charge in [-0.3, -0.25) is 19.9 Å². The second-order valence-corrected chi connectivity index (χ2v) is 7.95. The highest BCUT2D eigenvalue weighted by atomic mass is 16.6. The van der Waals surface area contributed by atoms with Crippen molar-refractivity contribution in [3.05, 3.63) is 75.0 Å². The van der Waals surface area contributed by atoms with Crippen molar-refractivity contribution in [1.29, 1.82) is 0 Å². The molecule has 0 radical (unpaired) electrons. The number of fused-ring (bicyclic) bond motifs is 2. The van der Waals surface area contributed by atoms with Crippen LogP contribution in [0.4, 0.5) is 11.4 Å². The molecule has 1 amide bonds. The third-order valence-corrected chi connectivity index (χ3v) is 5.63. The minimum absolute atomic E-state index is 0.0489. The number of pyridine rings is 1. The van der Waals surface area contributed by atoms with Crippen molar-refractivity contribution < 1.29 is 19.2 Å². The van der Waals surface area contributed by atoms with Gasteiger partial charge in [0.05, 0.1) is 16.0 Å². The van der Waals surface area contributed by atoms with Gasteiger partial charge in [-0.15, -0.1) is 0 Å². The lowest BCUT2D eigenvalue weighted by Crippen LogP contribution is -2.31. The van der Waals surface area contributed by atoms with Crippen LogP contribution in [0.2, 0.25) is 0 Å². The number of ether oxygens (including phenoxy) is 1. The quantitative estimate of drug-likeness (QED) is 0.360. The van der Waals surface area contributed by atoms with Gasteiger partial charge in [-0.1, -0.05) is 23.8 Å². The number of nitrogens with zero attached hydrogens (tertiary/aromatic N) is 2. The molecule has 0 bridgehead atoms. The maximum atomic E-state index is 13.2. The molecule has 1 unspecified atom stereocenters. The molecule has 1 atom stereocenters. The van der Waals surface area contributed by atoms with E-state index < -0.39 is 22.9 Å². The second kappa shape index (κ2) is 8.74. The Morgan fingerprint density at radius 3 is 2.69 bits per heavy atom. The van der Waals surface area contributed by atoms with E-state index in [1.165, 1.54) is 25.1 Å². The summed E-state index contributed by atoms with van der Waals surface area (Å²) in [5, 5.41) is 14.4. The number of hydrogen-bond donors (Lipinski definition) is 1. The van der Waals surface area contributed by atoms with Crippen LogP contribution >= 0.6 is 0 Å². The molecule has 1 aliphatic carbocycles. The summed E-state index contributed by atoms with van der Waals surface area (Å²) in [7, 11) is 0. The highest BCUT2D eigenvalue weighted by molar-refractivity contribution is 6.06. The van der Waals surface area contributed by atoms with E-state index in [4.69, 9.17) is 9.72 Å². The van der Waals surface area contributed by atoms with Crippen molar-refractivity contribution in [3.8, 4) is 0 Å². The van der Waals surface area contributed by atoms with Crippen LogP contribution in [0.3, 0.4) is 0 Å². The molecule has 0 aliphatic heterocycles. The number of carbonyl (C=O) groups is 2. The van der Waals surface area contributed by atoms with Crippen LogP contribution in [0.1, 0.15) is 46.9 Å². The summed E-state index contributed by atoms with van der Waals surface area (Å²) in [5.74, 6) is -1.23. The van der Waals surface area contributed by atoms with Gasteiger partial charge in [-0.2, -0.15) is 0 Å². The summed E-state index contributed by atoms with van der Waals surface area (Å²) in [4.78, 5) is 41.2. The fourth-order valence-corrected chi connectivity index (χ4v) is 4.02. The number of carbonyl (C=O) groups excluding carboxylic acids is 2. The first-order chi connectivity index (χ1) is 15.3. The number of para-hydroxylation sites is 2. The fraction of sp³-hybridized carbons (Fsp3) is 0.292. The molecule has 1 N–H and O–H groups in total. The van der Waals surface area contributed by atoms with E-state index >= 15 is 0 Å². The number of nitrogens with one attached hydrogen (secondary N) is 1. The Kier molecular flexibility index (Phi) is 5.85. The van der Waals surface area contributed by atoms with E-state index in [9.17, 15) is 19.7 Å². The van der Waals surface area contributed by atoms with Gasteiger partial charge in [0.25, 0.3) is 11.6 Å². The molecule has 3 aromatic rings. The highest BCUT2D eigenvalue weighted by Crippen LogP contribution is 2.31. The van der Waals surface area contributed by atoms with Gasteiger partial charge in [0, 0.05) is 17.1 Å². The Balaban J connectivity index is 1.62. The minimum atomic E-state index is -1.14. The summed E-state index contributed by atoms with van der Waals surface area (Å²) in [6.45, 7) is 3.39. The molecule has 32 heavy (non-hydrogen) atoms. The van der Waals surface area contributed by atoms with E-state index in [0.29, 0.717) is 10.9 Å². The van der Waals surface area contributed by atoms with E-state index in [2.05, 4.69) is 5.32 Å². The van der Waals surface area contributed by atoms with Crippen molar-refractivity contribution in [2.45, 2.75) is 45.6 Å². The Bertz CT molecular complexity index is 1240. The zero-order valence-electron chi connectivity index (χ0n) is 17.9. The van der Waals surface area contributed by atoms with Crippen LogP contribution in [0.15, 0.2) is 42.5 Å². The average Bonchev–Trinajstić information content (AvgIpc) is 2.77. The van der Waals surface area contributed by atoms with Crippen molar-refractivity contribution >= 4 is 34.2 Å². The molecule has 8 nitrogen and oxygen atoms in total. The Morgan fingerprint density at radius 2 is 1.91 bits per heavy atom. The predicted molar refractivity (Wildman–Crippen MR) is 120 cm³/mol. The average molecular weight is 433 g/mol. The van der Waals surface area contributed by atoms with Crippen LogP contribution in [-0.2, 0) is 22.4 Å². The number of esters is 1. The van der Waals surface area contributed by atoms with Crippen LogP contribution in [0.5, 0.6) is 0 Å². The number of aromatic nitrogens is 1. The normalized spacial score (nSPS) is 13.8. The lowest BCUT2D eigenvalue weighted by Gasteiger charge is -2.21. The smallest absolute Gasteiger partial charge is 0.339 e. The third-order valence-electron chi connectivity index (χ3n) is 5.63. The highest BCUT2D eigenvalue weighted by Gasteiger charge is 2.27. The number of anilines is 1. The van der Waals surface area contributed by atoms with Gasteiger partial charge >= 0.3 is 5.97 Å². The Morgan fingerprint density at radius 1 is 1.16 bits per heavy atom. The largest absolute Gasteiger partial charge is 0.449 e. The predicted octanol–water partition coefficient (Wildman–Crippen LogP) is 4.51. The minimum Gasteiger partial charge on any atom is -0.449 e. The lowest BCUT2D eigenvalue weighted by atomic mass is 9.89. The number of nitro groups is 1. The van der Waals surface area contributed by atoms with Gasteiger partial charge < -0.3 is 10.1 Å². The maximum Gasteiger partial charge on any atom is 0.339 e. The maximum absolute atomic E-state index is 13.2. The number of hydrogen-bond acceptors (Lipinski definition) is 6. The Hall–Kier alpha value is -3.81. The molecule has 2 aromatic carbocycles. The molecule has 4 rings (SSSR count). The molecular formula is C24H23N3O5. The molecule has 0 fully saturated rings. The van der Waals surface area contributed by atoms with Crippen molar-refractivity contribution in [2.75, 3.05) is 5.32 Å². The zero-order chi connectivity index (χ0) is 22.8. The number of aryl methyl sites for hydroxylation is 2. The van der Waals surface area contributed by atoms with Crippen LogP contribution < -0.4 is 5.32 Å². The second-order valence-electron chi connectivity index (χ2n) is 7.95. The number of nitro benzene ring substituents is 1. The first kappa shape index (κ1) is 21.4. The van der Waals surface area contributed by atoms with Gasteiger partial charge in [-0.05, 0) is 63.3 Å². The third kappa shape index (κ3) is 4.16. The summed E-state index contributed by atoms with van der Waals surface area (Å²) in [5.41, 5.74) is 3.77. The van der Waals surface area contributed by atoms with Gasteiger partial charge in [0.2, 0.25) is 0 Å². The monoisotopic (exact) mass is 433 g/mol. The van der Waals surface area contributed by atoms with Crippen molar-refractivity contribution in [1.82, 2.24) is 4.98 Å². The van der Waals surface area contributed by atoms with E-state index in [0.717, 1.165) is 48.0 Å². The number of rotatable bonds is 5. The molecule has 1 aliphatic rings. The van der Waals surface area contributed by atoms with Crippen LogP contribution in [-0.4, -0.2) is 27.9 Å². The summed E-state index contributed by atoms with van der Waals surface area (Å²) < 4.78 is 5.54. The van der Waals surface area contributed by atoms with Crippen molar-refractivity contribution in [2.24, 2.45) is 0 Å².